The standard InChI is InChI=1S/C15H21NO3S/c1-3-12(4-5-16-6-8-19-9-7-16)14-11(2)13(10-20-14)15(17)18/h3,10H,4-9H2,1-2H3,(H,17,18). The van der Waals surface area contributed by atoms with Crippen LogP contribution in [0.2, 0.25) is 0 Å². The Balaban J connectivity index is 2.03. The minimum Gasteiger partial charge on any atom is -0.478 e. The fourth-order valence-electron chi connectivity index (χ4n) is 2.44. The van der Waals surface area contributed by atoms with Crippen molar-refractivity contribution in [3.63, 3.8) is 0 Å². The highest BCUT2D eigenvalue weighted by Gasteiger charge is 2.17. The summed E-state index contributed by atoms with van der Waals surface area (Å²) in [5.41, 5.74) is 2.56. The maximum Gasteiger partial charge on any atom is 0.336 e. The van der Waals surface area contributed by atoms with Crippen LogP contribution in [0, 0.1) is 6.92 Å². The number of carboxylic acid groups (broad SMARTS) is 1. The summed E-state index contributed by atoms with van der Waals surface area (Å²) >= 11 is 1.53. The van der Waals surface area contributed by atoms with E-state index in [1.807, 2.05) is 13.8 Å². The molecule has 110 valence electrons. The van der Waals surface area contributed by atoms with Crippen LogP contribution in [0.4, 0.5) is 0 Å². The van der Waals surface area contributed by atoms with E-state index in [4.69, 9.17) is 9.84 Å². The molecule has 1 saturated heterocycles. The molecule has 4 nitrogen and oxygen atoms in total. The van der Waals surface area contributed by atoms with Crippen molar-refractivity contribution in [1.82, 2.24) is 4.90 Å². The van der Waals surface area contributed by atoms with Gasteiger partial charge in [0.05, 0.1) is 18.8 Å². The van der Waals surface area contributed by atoms with Crippen LogP contribution in [0.3, 0.4) is 0 Å². The lowest BCUT2D eigenvalue weighted by atomic mass is 10.0. The van der Waals surface area contributed by atoms with Gasteiger partial charge in [-0.05, 0) is 31.4 Å². The van der Waals surface area contributed by atoms with Crippen LogP contribution in [0.15, 0.2) is 11.5 Å². The number of morpholine rings is 1. The molecule has 1 aromatic rings. The van der Waals surface area contributed by atoms with Crippen molar-refractivity contribution >= 4 is 22.9 Å². The fraction of sp³-hybridized carbons (Fsp3) is 0.533. The van der Waals surface area contributed by atoms with Crippen LogP contribution in [0.1, 0.15) is 34.1 Å². The molecule has 1 aliphatic heterocycles. The SMILES string of the molecule is CC=C(CCN1CCOCC1)c1scc(C(=O)O)c1C. The Bertz CT molecular complexity index is 501. The van der Waals surface area contributed by atoms with Gasteiger partial charge in [-0.3, -0.25) is 4.90 Å². The van der Waals surface area contributed by atoms with E-state index in [0.717, 1.165) is 49.7 Å². The molecule has 0 radical (unpaired) electrons. The van der Waals surface area contributed by atoms with Crippen LogP contribution in [0.5, 0.6) is 0 Å². The van der Waals surface area contributed by atoms with Crippen molar-refractivity contribution in [1.29, 1.82) is 0 Å². The summed E-state index contributed by atoms with van der Waals surface area (Å²) in [7, 11) is 0. The molecule has 0 saturated carbocycles. The fourth-order valence-corrected chi connectivity index (χ4v) is 3.61. The highest BCUT2D eigenvalue weighted by atomic mass is 32.1. The molecule has 2 rings (SSSR count). The summed E-state index contributed by atoms with van der Waals surface area (Å²) in [5.74, 6) is -0.839. The lowest BCUT2D eigenvalue weighted by Gasteiger charge is -2.26. The molecule has 1 aromatic heterocycles. The van der Waals surface area contributed by atoms with E-state index in [0.29, 0.717) is 5.56 Å². The molecule has 5 heteroatoms. The number of thiophene rings is 1. The van der Waals surface area contributed by atoms with E-state index < -0.39 is 5.97 Å². The number of aromatic carboxylic acids is 1. The molecule has 0 aromatic carbocycles. The summed E-state index contributed by atoms with van der Waals surface area (Å²) < 4.78 is 5.35. The molecule has 0 spiro atoms. The van der Waals surface area contributed by atoms with Gasteiger partial charge in [-0.1, -0.05) is 6.08 Å². The Morgan fingerprint density at radius 2 is 2.20 bits per heavy atom. The zero-order valence-electron chi connectivity index (χ0n) is 12.0. The van der Waals surface area contributed by atoms with E-state index in [1.165, 1.54) is 16.9 Å². The largest absolute Gasteiger partial charge is 0.478 e. The first-order valence-corrected chi connectivity index (χ1v) is 7.78. The van der Waals surface area contributed by atoms with Crippen molar-refractivity contribution < 1.29 is 14.6 Å². The molecule has 1 fully saturated rings. The molecule has 0 bridgehead atoms. The first-order chi connectivity index (χ1) is 9.63. The maximum atomic E-state index is 11.1. The number of allylic oxidation sites excluding steroid dienone is 1. The first-order valence-electron chi connectivity index (χ1n) is 6.90. The Hall–Kier alpha value is -1.17. The number of rotatable bonds is 5. The van der Waals surface area contributed by atoms with Gasteiger partial charge in [0.25, 0.3) is 0 Å². The van der Waals surface area contributed by atoms with Gasteiger partial charge in [-0.25, -0.2) is 4.79 Å². The van der Waals surface area contributed by atoms with Crippen LogP contribution >= 0.6 is 11.3 Å². The van der Waals surface area contributed by atoms with Gasteiger partial charge in [-0.15, -0.1) is 11.3 Å². The van der Waals surface area contributed by atoms with Crippen LogP contribution in [-0.4, -0.2) is 48.8 Å². The molecule has 1 N–H and O–H groups in total. The van der Waals surface area contributed by atoms with Crippen LogP contribution < -0.4 is 0 Å². The number of nitrogens with zero attached hydrogens (tertiary/aromatic N) is 1. The Morgan fingerprint density at radius 1 is 1.50 bits per heavy atom. The smallest absolute Gasteiger partial charge is 0.336 e. The summed E-state index contributed by atoms with van der Waals surface area (Å²) in [6.07, 6.45) is 3.06. The van der Waals surface area contributed by atoms with Gasteiger partial charge in [0, 0.05) is 29.9 Å². The third kappa shape index (κ3) is 3.48. The Morgan fingerprint density at radius 3 is 2.75 bits per heavy atom. The second-order valence-electron chi connectivity index (χ2n) is 4.93. The number of ether oxygens (including phenoxy) is 1. The normalized spacial score (nSPS) is 17.4. The third-order valence-electron chi connectivity index (χ3n) is 3.71. The first kappa shape index (κ1) is 15.2. The Labute approximate surface area is 123 Å². The molecule has 0 amide bonds. The number of hydrogen-bond acceptors (Lipinski definition) is 4. The second kappa shape index (κ2) is 7.02. The van der Waals surface area contributed by atoms with Crippen LogP contribution in [-0.2, 0) is 4.74 Å². The van der Waals surface area contributed by atoms with Gasteiger partial charge >= 0.3 is 5.97 Å². The monoisotopic (exact) mass is 295 g/mol. The summed E-state index contributed by atoms with van der Waals surface area (Å²) in [4.78, 5) is 14.6. The molecule has 1 aliphatic rings. The van der Waals surface area contributed by atoms with E-state index in [-0.39, 0.29) is 0 Å². The van der Waals surface area contributed by atoms with Gasteiger partial charge in [0.2, 0.25) is 0 Å². The Kier molecular flexibility index (Phi) is 5.34. The summed E-state index contributed by atoms with van der Waals surface area (Å²) in [6, 6.07) is 0. The van der Waals surface area contributed by atoms with Gasteiger partial charge in [0.1, 0.15) is 0 Å². The van der Waals surface area contributed by atoms with E-state index in [9.17, 15) is 4.79 Å². The second-order valence-corrected chi connectivity index (χ2v) is 5.81. The molecular formula is C15H21NO3S. The molecule has 20 heavy (non-hydrogen) atoms. The highest BCUT2D eigenvalue weighted by Crippen LogP contribution is 2.30. The van der Waals surface area contributed by atoms with E-state index >= 15 is 0 Å². The lowest BCUT2D eigenvalue weighted by Crippen LogP contribution is -2.36. The zero-order valence-corrected chi connectivity index (χ0v) is 12.8. The predicted molar refractivity (Wildman–Crippen MR) is 81.5 cm³/mol. The van der Waals surface area contributed by atoms with Gasteiger partial charge in [-0.2, -0.15) is 0 Å². The van der Waals surface area contributed by atoms with Crippen molar-refractivity contribution in [2.45, 2.75) is 20.3 Å². The topological polar surface area (TPSA) is 49.8 Å². The number of hydrogen-bond donors (Lipinski definition) is 1. The molecule has 0 atom stereocenters. The lowest BCUT2D eigenvalue weighted by molar-refractivity contribution is 0.0390. The van der Waals surface area contributed by atoms with Crippen molar-refractivity contribution in [2.24, 2.45) is 0 Å². The number of carbonyl (C=O) groups is 1. The molecule has 0 aliphatic carbocycles. The quantitative estimate of drug-likeness (QED) is 0.907. The average molecular weight is 295 g/mol. The molecule has 2 heterocycles. The van der Waals surface area contributed by atoms with E-state index in [2.05, 4.69) is 11.0 Å². The minimum atomic E-state index is -0.839. The molecule has 0 unspecified atom stereocenters. The molecular weight excluding hydrogens is 274 g/mol. The minimum absolute atomic E-state index is 0.427. The van der Waals surface area contributed by atoms with Gasteiger partial charge < -0.3 is 9.84 Å². The maximum absolute atomic E-state index is 11.1. The average Bonchev–Trinajstić information content (AvgIpc) is 2.83. The van der Waals surface area contributed by atoms with Crippen molar-refractivity contribution in [3.8, 4) is 0 Å². The van der Waals surface area contributed by atoms with Crippen LogP contribution in [0.25, 0.3) is 5.57 Å². The van der Waals surface area contributed by atoms with Gasteiger partial charge in [0.15, 0.2) is 0 Å². The van der Waals surface area contributed by atoms with Crippen molar-refractivity contribution in [3.05, 3.63) is 27.5 Å². The number of carboxylic acids is 1. The highest BCUT2D eigenvalue weighted by molar-refractivity contribution is 7.11. The summed E-state index contributed by atoms with van der Waals surface area (Å²) in [5, 5.41) is 10.9. The third-order valence-corrected chi connectivity index (χ3v) is 4.87. The zero-order chi connectivity index (χ0) is 14.5. The summed E-state index contributed by atoms with van der Waals surface area (Å²) in [6.45, 7) is 8.52. The predicted octanol–water partition coefficient (Wildman–Crippen LogP) is 2.88. The van der Waals surface area contributed by atoms with E-state index in [1.54, 1.807) is 5.38 Å². The van der Waals surface area contributed by atoms with Crippen molar-refractivity contribution in [2.75, 3.05) is 32.8 Å².